The van der Waals surface area contributed by atoms with E-state index in [0.29, 0.717) is 27.5 Å². The van der Waals surface area contributed by atoms with Gasteiger partial charge in [-0.25, -0.2) is 17.9 Å². The second-order valence-electron chi connectivity index (χ2n) is 9.25. The minimum atomic E-state index is -4.74. The maximum Gasteiger partial charge on any atom is 0.413 e. The van der Waals surface area contributed by atoms with Gasteiger partial charge in [0.05, 0.1) is 41.3 Å². The van der Waals surface area contributed by atoms with Gasteiger partial charge >= 0.3 is 6.18 Å². The first-order chi connectivity index (χ1) is 17.8. The molecule has 9 nitrogen and oxygen atoms in total. The Bertz CT molecular complexity index is 1420. The van der Waals surface area contributed by atoms with E-state index >= 15 is 0 Å². The van der Waals surface area contributed by atoms with Crippen LogP contribution in [0.15, 0.2) is 36.7 Å². The van der Waals surface area contributed by atoms with Crippen LogP contribution in [0, 0.1) is 5.92 Å². The molecule has 14 heteroatoms. The minimum absolute atomic E-state index is 0.0152. The highest BCUT2D eigenvalue weighted by Gasteiger charge is 2.46. The van der Waals surface area contributed by atoms with Crippen LogP contribution in [0.3, 0.4) is 0 Å². The third-order valence-electron chi connectivity index (χ3n) is 6.72. The third-order valence-corrected chi connectivity index (χ3v) is 8.61. The summed E-state index contributed by atoms with van der Waals surface area (Å²) in [6, 6.07) is 3.37. The number of nitrogens with one attached hydrogen (secondary N) is 1. The average Bonchev–Trinajstić information content (AvgIpc) is 3.23. The number of benzene rings is 1. The van der Waals surface area contributed by atoms with Crippen molar-refractivity contribution in [2.24, 2.45) is 5.92 Å². The Morgan fingerprint density at radius 2 is 1.87 bits per heavy atom. The van der Waals surface area contributed by atoms with Crippen LogP contribution >= 0.6 is 11.6 Å². The Kier molecular flexibility index (Phi) is 7.91. The maximum absolute atomic E-state index is 14.1. The van der Waals surface area contributed by atoms with Crippen LogP contribution in [-0.2, 0) is 19.4 Å². The number of alkyl halides is 3. The van der Waals surface area contributed by atoms with Crippen molar-refractivity contribution in [2.45, 2.75) is 38.1 Å². The molecular formula is C24H27ClF3N5O4S. The van der Waals surface area contributed by atoms with Crippen LogP contribution in [0.1, 0.15) is 43.0 Å². The predicted molar refractivity (Wildman–Crippen MR) is 136 cm³/mol. The maximum atomic E-state index is 14.1. The molecule has 1 aromatic carbocycles. The Labute approximate surface area is 222 Å². The molecule has 1 saturated heterocycles. The van der Waals surface area contributed by atoms with E-state index in [0.717, 1.165) is 7.05 Å². The fourth-order valence-electron chi connectivity index (χ4n) is 4.63. The van der Waals surface area contributed by atoms with Crippen molar-refractivity contribution in [3.63, 3.8) is 0 Å². The molecule has 0 unspecified atom stereocenters. The monoisotopic (exact) mass is 573 g/mol. The van der Waals surface area contributed by atoms with Crippen molar-refractivity contribution in [2.75, 3.05) is 31.0 Å². The highest BCUT2D eigenvalue weighted by molar-refractivity contribution is 7.91. The molecule has 2 atom stereocenters. The molecular weight excluding hydrogens is 547 g/mol. The van der Waals surface area contributed by atoms with Gasteiger partial charge in [-0.2, -0.15) is 18.3 Å². The van der Waals surface area contributed by atoms with Crippen LogP contribution in [0.4, 0.5) is 24.5 Å². The molecule has 1 fully saturated rings. The quantitative estimate of drug-likeness (QED) is 0.436. The van der Waals surface area contributed by atoms with Gasteiger partial charge in [0.1, 0.15) is 15.0 Å². The summed E-state index contributed by atoms with van der Waals surface area (Å²) in [4.78, 5) is 17.9. The third kappa shape index (κ3) is 5.89. The summed E-state index contributed by atoms with van der Waals surface area (Å²) in [5.74, 6) is -1.90. The van der Waals surface area contributed by atoms with Crippen molar-refractivity contribution in [1.29, 1.82) is 0 Å². The molecule has 1 N–H and O–H groups in total. The van der Waals surface area contributed by atoms with Crippen LogP contribution < -0.4 is 5.32 Å². The van der Waals surface area contributed by atoms with Crippen molar-refractivity contribution in [3.05, 3.63) is 52.9 Å². The fraction of sp³-hybridized carbons (Fsp3) is 0.458. The number of rotatable bonds is 7. The highest BCUT2D eigenvalue weighted by atomic mass is 35.5. The molecule has 38 heavy (non-hydrogen) atoms. The molecule has 1 aliphatic rings. The SMILES string of the molecule is CO[C@H](C)c1c(Nc2ccc([C@H](N(C)C(=O)C3CCS(=O)(=O)CC3)C(F)(F)F)cc2)cnn2cc(Cl)nc12. The molecule has 1 amide bonds. The molecule has 2 aromatic heterocycles. The van der Waals surface area contributed by atoms with Crippen LogP contribution in [0.2, 0.25) is 5.15 Å². The number of carbonyl (C=O) groups is 1. The molecule has 0 bridgehead atoms. The number of ether oxygens (including phenoxy) is 1. The summed E-state index contributed by atoms with van der Waals surface area (Å²) in [7, 11) is -0.616. The Morgan fingerprint density at radius 3 is 2.45 bits per heavy atom. The summed E-state index contributed by atoms with van der Waals surface area (Å²) < 4.78 is 72.7. The number of amides is 1. The molecule has 3 heterocycles. The fourth-order valence-corrected chi connectivity index (χ4v) is 6.30. The number of methoxy groups -OCH3 is 1. The number of sulfone groups is 1. The molecule has 1 aliphatic heterocycles. The first kappa shape index (κ1) is 28.1. The zero-order valence-corrected chi connectivity index (χ0v) is 22.4. The summed E-state index contributed by atoms with van der Waals surface area (Å²) >= 11 is 6.03. The normalized spacial score (nSPS) is 17.8. The number of hydrogen-bond acceptors (Lipinski definition) is 7. The Balaban J connectivity index is 1.59. The van der Waals surface area contributed by atoms with Gasteiger partial charge in [-0.1, -0.05) is 23.7 Å². The number of fused-ring (bicyclic) bond motifs is 1. The van der Waals surface area contributed by atoms with Gasteiger partial charge in [-0.05, 0) is 37.5 Å². The molecule has 0 spiro atoms. The van der Waals surface area contributed by atoms with E-state index in [4.69, 9.17) is 16.3 Å². The topological polar surface area (TPSA) is 106 Å². The lowest BCUT2D eigenvalue weighted by molar-refractivity contribution is -0.190. The lowest BCUT2D eigenvalue weighted by Gasteiger charge is -2.34. The minimum Gasteiger partial charge on any atom is -0.377 e. The largest absolute Gasteiger partial charge is 0.413 e. The van der Waals surface area contributed by atoms with E-state index < -0.39 is 40.0 Å². The van der Waals surface area contributed by atoms with E-state index in [9.17, 15) is 26.4 Å². The van der Waals surface area contributed by atoms with Gasteiger partial charge in [0, 0.05) is 25.8 Å². The molecule has 0 radical (unpaired) electrons. The average molecular weight is 574 g/mol. The van der Waals surface area contributed by atoms with Crippen LogP contribution in [-0.4, -0.2) is 65.7 Å². The summed E-state index contributed by atoms with van der Waals surface area (Å²) in [6.07, 6.45) is -2.02. The second kappa shape index (κ2) is 10.7. The summed E-state index contributed by atoms with van der Waals surface area (Å²) in [5, 5.41) is 7.66. The van der Waals surface area contributed by atoms with E-state index in [1.165, 1.54) is 35.9 Å². The predicted octanol–water partition coefficient (Wildman–Crippen LogP) is 4.72. The summed E-state index contributed by atoms with van der Waals surface area (Å²) in [5.41, 5.74) is 2.02. The van der Waals surface area contributed by atoms with Crippen molar-refractivity contribution >= 4 is 44.4 Å². The van der Waals surface area contributed by atoms with E-state index in [-0.39, 0.29) is 35.1 Å². The molecule has 0 aliphatic carbocycles. The molecule has 4 rings (SSSR count). The molecule has 3 aromatic rings. The zero-order valence-electron chi connectivity index (χ0n) is 20.9. The number of aromatic nitrogens is 3. The number of halogens is 4. The lowest BCUT2D eigenvalue weighted by atomic mass is 9.98. The van der Waals surface area contributed by atoms with E-state index in [1.54, 1.807) is 12.4 Å². The Morgan fingerprint density at radius 1 is 1.24 bits per heavy atom. The first-order valence-corrected chi connectivity index (χ1v) is 14.0. The van der Waals surface area contributed by atoms with Gasteiger partial charge < -0.3 is 15.0 Å². The smallest absolute Gasteiger partial charge is 0.377 e. The number of hydrogen-bond donors (Lipinski definition) is 1. The Hall–Kier alpha value is -2.90. The standard InChI is InChI=1S/C24H27ClF3N5O4S/c1-14(37-3)20-18(12-29-33-13-19(25)31-22(20)33)30-17-6-4-15(5-7-17)21(24(26,27)28)32(2)23(34)16-8-10-38(35,36)11-9-16/h4-7,12-14,16,21,30H,8-11H2,1-3H3/t14-,21+/m1/s1. The van der Waals surface area contributed by atoms with Crippen LogP contribution in [0.5, 0.6) is 0 Å². The highest BCUT2D eigenvalue weighted by Crippen LogP contribution is 2.39. The molecule has 206 valence electrons. The van der Waals surface area contributed by atoms with E-state index in [1.807, 2.05) is 6.92 Å². The zero-order chi connectivity index (χ0) is 27.8. The van der Waals surface area contributed by atoms with Crippen molar-refractivity contribution in [1.82, 2.24) is 19.5 Å². The van der Waals surface area contributed by atoms with Crippen LogP contribution in [0.25, 0.3) is 5.65 Å². The van der Waals surface area contributed by atoms with Gasteiger partial charge in [0.15, 0.2) is 11.7 Å². The molecule has 0 saturated carbocycles. The number of imidazole rings is 1. The lowest BCUT2D eigenvalue weighted by Crippen LogP contribution is -2.44. The number of nitrogens with zero attached hydrogens (tertiary/aromatic N) is 4. The van der Waals surface area contributed by atoms with Crippen molar-refractivity contribution < 1.29 is 31.1 Å². The number of carbonyl (C=O) groups excluding carboxylic acids is 1. The number of anilines is 2. The van der Waals surface area contributed by atoms with Gasteiger partial charge in [-0.3, -0.25) is 4.79 Å². The van der Waals surface area contributed by atoms with Crippen molar-refractivity contribution in [3.8, 4) is 0 Å². The second-order valence-corrected chi connectivity index (χ2v) is 11.9. The first-order valence-electron chi connectivity index (χ1n) is 11.8. The van der Waals surface area contributed by atoms with Gasteiger partial charge in [0.2, 0.25) is 5.91 Å². The van der Waals surface area contributed by atoms with Gasteiger partial charge in [0.25, 0.3) is 0 Å². The van der Waals surface area contributed by atoms with Gasteiger partial charge in [-0.15, -0.1) is 0 Å². The summed E-state index contributed by atoms with van der Waals surface area (Å²) in [6.45, 7) is 1.81. The van der Waals surface area contributed by atoms with E-state index in [2.05, 4.69) is 15.4 Å².